The van der Waals surface area contributed by atoms with E-state index < -0.39 is 5.41 Å². The van der Waals surface area contributed by atoms with E-state index in [2.05, 4.69) is 15.0 Å². The van der Waals surface area contributed by atoms with Crippen LogP contribution in [0.1, 0.15) is 31.2 Å². The number of halogens is 1. The number of hydrogen-bond acceptors (Lipinski definition) is 6. The molecule has 6 nitrogen and oxygen atoms in total. The Bertz CT molecular complexity index is 1020. The van der Waals surface area contributed by atoms with Crippen molar-refractivity contribution in [1.29, 1.82) is 0 Å². The lowest BCUT2D eigenvalue weighted by Crippen LogP contribution is -2.49. The Hall–Kier alpha value is -3.06. The van der Waals surface area contributed by atoms with Gasteiger partial charge in [-0.1, -0.05) is 23.4 Å². The first kappa shape index (κ1) is 21.2. The minimum absolute atomic E-state index is 0.232. The average molecular weight is 423 g/mol. The molecule has 1 atom stereocenters. The standard InChI is InChI=1S/C24H26FN3O3/c1-2-30-23(29)24(11-7-13-28(17-24)16-18-8-5-6-12-26-18)15-19-14-22(27-31-19)20-9-3-4-10-21(20)25/h3-6,8-10,12,14H,2,7,11,13,15-17H2,1H3/t24-/m0/s1. The van der Waals surface area contributed by atoms with E-state index in [1.54, 1.807) is 30.5 Å². The van der Waals surface area contributed by atoms with Crippen LogP contribution in [0.3, 0.4) is 0 Å². The van der Waals surface area contributed by atoms with Crippen molar-refractivity contribution in [1.82, 2.24) is 15.0 Å². The van der Waals surface area contributed by atoms with Crippen LogP contribution in [0.25, 0.3) is 11.3 Å². The number of rotatable bonds is 7. The van der Waals surface area contributed by atoms with Gasteiger partial charge in [-0.3, -0.25) is 14.7 Å². The van der Waals surface area contributed by atoms with Crippen molar-refractivity contribution >= 4 is 5.97 Å². The number of benzene rings is 1. The third-order valence-electron chi connectivity index (χ3n) is 5.70. The molecule has 0 spiro atoms. The number of nitrogens with zero attached hydrogens (tertiary/aromatic N) is 3. The molecular weight excluding hydrogens is 397 g/mol. The van der Waals surface area contributed by atoms with Gasteiger partial charge in [0.05, 0.1) is 17.7 Å². The summed E-state index contributed by atoms with van der Waals surface area (Å²) in [5.74, 6) is -0.0442. The monoisotopic (exact) mass is 423 g/mol. The zero-order valence-electron chi connectivity index (χ0n) is 17.6. The Labute approximate surface area is 181 Å². The van der Waals surface area contributed by atoms with Crippen molar-refractivity contribution in [2.45, 2.75) is 32.7 Å². The van der Waals surface area contributed by atoms with Crippen LogP contribution in [-0.4, -0.2) is 40.7 Å². The van der Waals surface area contributed by atoms with Crippen molar-refractivity contribution in [2.24, 2.45) is 5.41 Å². The zero-order chi connectivity index (χ0) is 21.7. The molecule has 1 saturated heterocycles. The molecule has 2 aromatic heterocycles. The van der Waals surface area contributed by atoms with Gasteiger partial charge in [-0.15, -0.1) is 0 Å². The first-order chi connectivity index (χ1) is 15.1. The van der Waals surface area contributed by atoms with Crippen molar-refractivity contribution in [3.8, 4) is 11.3 Å². The summed E-state index contributed by atoms with van der Waals surface area (Å²) in [7, 11) is 0. The molecular formula is C24H26FN3O3. The summed E-state index contributed by atoms with van der Waals surface area (Å²) in [6.07, 6.45) is 3.68. The number of likely N-dealkylation sites (tertiary alicyclic amines) is 1. The van der Waals surface area contributed by atoms with Gasteiger partial charge in [-0.2, -0.15) is 0 Å². The average Bonchev–Trinajstić information content (AvgIpc) is 3.23. The quantitative estimate of drug-likeness (QED) is 0.529. The number of carbonyl (C=O) groups is 1. The third-order valence-corrected chi connectivity index (χ3v) is 5.70. The highest BCUT2D eigenvalue weighted by Crippen LogP contribution is 2.37. The lowest BCUT2D eigenvalue weighted by molar-refractivity contribution is -0.159. The Morgan fingerprint density at radius 1 is 1.26 bits per heavy atom. The fourth-order valence-electron chi connectivity index (χ4n) is 4.28. The fourth-order valence-corrected chi connectivity index (χ4v) is 4.28. The van der Waals surface area contributed by atoms with E-state index in [0.29, 0.717) is 49.6 Å². The summed E-state index contributed by atoms with van der Waals surface area (Å²) >= 11 is 0. The molecule has 0 bridgehead atoms. The molecule has 0 radical (unpaired) electrons. The molecule has 3 aromatic rings. The van der Waals surface area contributed by atoms with E-state index >= 15 is 0 Å². The first-order valence-corrected chi connectivity index (χ1v) is 10.6. The Balaban J connectivity index is 1.56. The van der Waals surface area contributed by atoms with Crippen molar-refractivity contribution in [2.75, 3.05) is 19.7 Å². The van der Waals surface area contributed by atoms with Gasteiger partial charge in [0.1, 0.15) is 17.3 Å². The maximum absolute atomic E-state index is 14.1. The van der Waals surface area contributed by atoms with E-state index in [-0.39, 0.29) is 11.8 Å². The molecule has 0 amide bonds. The van der Waals surface area contributed by atoms with E-state index in [1.165, 1.54) is 6.07 Å². The second-order valence-corrected chi connectivity index (χ2v) is 7.97. The summed E-state index contributed by atoms with van der Waals surface area (Å²) < 4.78 is 25.1. The minimum Gasteiger partial charge on any atom is -0.466 e. The maximum Gasteiger partial charge on any atom is 0.313 e. The van der Waals surface area contributed by atoms with Crippen LogP contribution in [0.15, 0.2) is 59.3 Å². The molecule has 1 aromatic carbocycles. The molecule has 1 aliphatic heterocycles. The van der Waals surface area contributed by atoms with Gasteiger partial charge >= 0.3 is 5.97 Å². The summed E-state index contributed by atoms with van der Waals surface area (Å²) in [5.41, 5.74) is 1.02. The number of ether oxygens (including phenoxy) is 1. The van der Waals surface area contributed by atoms with Crippen molar-refractivity contribution < 1.29 is 18.4 Å². The molecule has 0 aliphatic carbocycles. The summed E-state index contributed by atoms with van der Waals surface area (Å²) in [4.78, 5) is 19.7. The predicted molar refractivity (Wildman–Crippen MR) is 113 cm³/mol. The number of aromatic nitrogens is 2. The van der Waals surface area contributed by atoms with Crippen LogP contribution in [0.4, 0.5) is 4.39 Å². The number of pyridine rings is 1. The lowest BCUT2D eigenvalue weighted by atomic mass is 9.76. The van der Waals surface area contributed by atoms with E-state index in [0.717, 1.165) is 18.7 Å². The highest BCUT2D eigenvalue weighted by atomic mass is 19.1. The highest BCUT2D eigenvalue weighted by molar-refractivity contribution is 5.77. The third kappa shape index (κ3) is 4.82. The summed E-state index contributed by atoms with van der Waals surface area (Å²) in [6.45, 7) is 4.22. The first-order valence-electron chi connectivity index (χ1n) is 10.6. The van der Waals surface area contributed by atoms with Crippen LogP contribution in [0.2, 0.25) is 0 Å². The number of piperidine rings is 1. The molecule has 4 rings (SSSR count). The Kier molecular flexibility index (Phi) is 6.42. The normalized spacial score (nSPS) is 19.3. The van der Waals surface area contributed by atoms with E-state index in [4.69, 9.17) is 9.26 Å². The molecule has 0 saturated carbocycles. The fraction of sp³-hybridized carbons (Fsp3) is 0.375. The topological polar surface area (TPSA) is 68.5 Å². The maximum atomic E-state index is 14.1. The van der Waals surface area contributed by atoms with E-state index in [1.807, 2.05) is 25.1 Å². The highest BCUT2D eigenvalue weighted by Gasteiger charge is 2.44. The van der Waals surface area contributed by atoms with Crippen LogP contribution >= 0.6 is 0 Å². The van der Waals surface area contributed by atoms with Crippen LogP contribution in [0, 0.1) is 11.2 Å². The Morgan fingerprint density at radius 2 is 2.10 bits per heavy atom. The molecule has 0 N–H and O–H groups in total. The zero-order valence-corrected chi connectivity index (χ0v) is 17.6. The molecule has 162 valence electrons. The number of esters is 1. The number of carbonyl (C=O) groups excluding carboxylic acids is 1. The second kappa shape index (κ2) is 9.39. The molecule has 1 fully saturated rings. The summed E-state index contributed by atoms with van der Waals surface area (Å²) in [6, 6.07) is 14.0. The minimum atomic E-state index is -0.741. The van der Waals surface area contributed by atoms with Gasteiger partial charge in [0, 0.05) is 37.3 Å². The van der Waals surface area contributed by atoms with Gasteiger partial charge < -0.3 is 9.26 Å². The SMILES string of the molecule is CCOC(=O)[C@]1(Cc2cc(-c3ccccc3F)no2)CCCN(Cc2ccccn2)C1. The van der Waals surface area contributed by atoms with Crippen molar-refractivity contribution in [3.05, 3.63) is 72.0 Å². The van der Waals surface area contributed by atoms with Crippen LogP contribution in [-0.2, 0) is 22.5 Å². The summed E-state index contributed by atoms with van der Waals surface area (Å²) in [5, 5.41) is 4.05. The van der Waals surface area contributed by atoms with Gasteiger partial charge in [0.2, 0.25) is 0 Å². The van der Waals surface area contributed by atoms with E-state index in [9.17, 15) is 9.18 Å². The van der Waals surface area contributed by atoms with Gasteiger partial charge in [-0.05, 0) is 50.6 Å². The molecule has 31 heavy (non-hydrogen) atoms. The Morgan fingerprint density at radius 3 is 2.87 bits per heavy atom. The molecule has 3 heterocycles. The van der Waals surface area contributed by atoms with Crippen LogP contribution < -0.4 is 0 Å². The molecule has 0 unspecified atom stereocenters. The predicted octanol–water partition coefficient (Wildman–Crippen LogP) is 4.26. The van der Waals surface area contributed by atoms with Gasteiger partial charge in [-0.25, -0.2) is 4.39 Å². The molecule has 1 aliphatic rings. The van der Waals surface area contributed by atoms with Gasteiger partial charge in [0.25, 0.3) is 0 Å². The largest absolute Gasteiger partial charge is 0.466 e. The van der Waals surface area contributed by atoms with Gasteiger partial charge in [0.15, 0.2) is 0 Å². The smallest absolute Gasteiger partial charge is 0.313 e. The second-order valence-electron chi connectivity index (χ2n) is 7.97. The van der Waals surface area contributed by atoms with Crippen LogP contribution in [0.5, 0.6) is 0 Å². The number of hydrogen-bond donors (Lipinski definition) is 0. The van der Waals surface area contributed by atoms with Crippen molar-refractivity contribution in [3.63, 3.8) is 0 Å². The molecule has 7 heteroatoms. The lowest BCUT2D eigenvalue weighted by Gasteiger charge is -2.40.